The quantitative estimate of drug-likeness (QED) is 0.796. The van der Waals surface area contributed by atoms with Crippen LogP contribution < -0.4 is 0 Å². The van der Waals surface area contributed by atoms with E-state index in [1.165, 1.54) is 10.6 Å². The van der Waals surface area contributed by atoms with E-state index in [-0.39, 0.29) is 6.04 Å². The summed E-state index contributed by atoms with van der Waals surface area (Å²) in [6.45, 7) is 4.37. The minimum absolute atomic E-state index is 0.191. The second-order valence-electron chi connectivity index (χ2n) is 4.54. The van der Waals surface area contributed by atoms with Crippen LogP contribution >= 0.6 is 0 Å². The predicted octanol–water partition coefficient (Wildman–Crippen LogP) is 1.19. The first-order chi connectivity index (χ1) is 7.88. The lowest BCUT2D eigenvalue weighted by atomic mass is 10.2. The monoisotopic (exact) mass is 255 g/mol. The molecule has 94 valence electrons. The highest BCUT2D eigenvalue weighted by atomic mass is 32.2. The van der Waals surface area contributed by atoms with Crippen LogP contribution in [-0.2, 0) is 10.0 Å². The number of nitrogens with zero attached hydrogens (tertiary/aromatic N) is 3. The van der Waals surface area contributed by atoms with Gasteiger partial charge >= 0.3 is 0 Å². The summed E-state index contributed by atoms with van der Waals surface area (Å²) in [5.41, 5.74) is 1.76. The second kappa shape index (κ2) is 4.34. The van der Waals surface area contributed by atoms with Gasteiger partial charge in [-0.1, -0.05) is 0 Å². The van der Waals surface area contributed by atoms with Crippen molar-refractivity contribution in [3.8, 4) is 0 Å². The Morgan fingerprint density at radius 3 is 2.41 bits per heavy atom. The van der Waals surface area contributed by atoms with Gasteiger partial charge in [-0.15, -0.1) is 0 Å². The van der Waals surface area contributed by atoms with Crippen LogP contribution in [0.4, 0.5) is 0 Å². The zero-order chi connectivity index (χ0) is 12.6. The molecule has 1 aliphatic rings. The van der Waals surface area contributed by atoms with Crippen LogP contribution in [0, 0.1) is 13.8 Å². The van der Waals surface area contributed by atoms with E-state index in [1.54, 1.807) is 0 Å². The van der Waals surface area contributed by atoms with E-state index in [9.17, 15) is 8.42 Å². The Hall–Kier alpha value is -1.01. The Morgan fingerprint density at radius 2 is 1.88 bits per heavy atom. The average Bonchev–Trinajstić information content (AvgIpc) is 2.63. The number of hydrogen-bond acceptors (Lipinski definition) is 4. The van der Waals surface area contributed by atoms with Gasteiger partial charge in [-0.25, -0.2) is 18.4 Å². The largest absolute Gasteiger partial charge is 0.236 e. The molecule has 0 aliphatic carbocycles. The van der Waals surface area contributed by atoms with Crippen LogP contribution in [0.5, 0.6) is 0 Å². The highest BCUT2D eigenvalue weighted by Gasteiger charge is 2.34. The Balaban J connectivity index is 2.39. The minimum Gasteiger partial charge on any atom is -0.236 e. The van der Waals surface area contributed by atoms with E-state index in [1.807, 2.05) is 19.9 Å². The summed E-state index contributed by atoms with van der Waals surface area (Å²) in [7, 11) is -3.17. The molecule has 2 heterocycles. The predicted molar refractivity (Wildman–Crippen MR) is 65.0 cm³/mol. The van der Waals surface area contributed by atoms with Crippen LogP contribution in [0.25, 0.3) is 0 Å². The van der Waals surface area contributed by atoms with Crippen molar-refractivity contribution in [1.29, 1.82) is 0 Å². The van der Waals surface area contributed by atoms with Gasteiger partial charge in [-0.05, 0) is 32.8 Å². The van der Waals surface area contributed by atoms with Gasteiger partial charge in [0.15, 0.2) is 0 Å². The fourth-order valence-electron chi connectivity index (χ4n) is 2.30. The van der Waals surface area contributed by atoms with E-state index in [2.05, 4.69) is 9.97 Å². The van der Waals surface area contributed by atoms with Crippen molar-refractivity contribution in [1.82, 2.24) is 14.3 Å². The third-order valence-corrected chi connectivity index (χ3v) is 4.22. The molecule has 0 radical (unpaired) electrons. The summed E-state index contributed by atoms with van der Waals surface area (Å²) in [5.74, 6) is 0.630. The van der Waals surface area contributed by atoms with Crippen LogP contribution in [0.15, 0.2) is 6.07 Å². The molecule has 0 saturated carbocycles. The summed E-state index contributed by atoms with van der Waals surface area (Å²) in [4.78, 5) is 8.73. The van der Waals surface area contributed by atoms with Crippen molar-refractivity contribution in [3.05, 3.63) is 23.3 Å². The van der Waals surface area contributed by atoms with Gasteiger partial charge < -0.3 is 0 Å². The van der Waals surface area contributed by atoms with Crippen molar-refractivity contribution in [3.63, 3.8) is 0 Å². The maximum absolute atomic E-state index is 11.7. The zero-order valence-corrected chi connectivity index (χ0v) is 11.2. The molecule has 6 heteroatoms. The Kier molecular flexibility index (Phi) is 3.18. The summed E-state index contributed by atoms with van der Waals surface area (Å²) < 4.78 is 24.8. The van der Waals surface area contributed by atoms with E-state index in [0.717, 1.165) is 24.2 Å². The number of hydrogen-bond donors (Lipinski definition) is 0. The van der Waals surface area contributed by atoms with Crippen molar-refractivity contribution in [2.75, 3.05) is 12.8 Å². The van der Waals surface area contributed by atoms with Crippen LogP contribution in [-0.4, -0.2) is 35.5 Å². The molecule has 0 amide bonds. The fraction of sp³-hybridized carbons (Fsp3) is 0.636. The van der Waals surface area contributed by atoms with Gasteiger partial charge in [-0.3, -0.25) is 0 Å². The van der Waals surface area contributed by atoms with E-state index in [4.69, 9.17) is 0 Å². The lowest BCUT2D eigenvalue weighted by molar-refractivity contribution is 0.385. The van der Waals surface area contributed by atoms with Gasteiger partial charge in [0.05, 0.1) is 12.3 Å². The molecule has 0 N–H and O–H groups in total. The molecule has 0 unspecified atom stereocenters. The highest BCUT2D eigenvalue weighted by Crippen LogP contribution is 2.31. The Bertz CT molecular complexity index is 507. The van der Waals surface area contributed by atoms with E-state index >= 15 is 0 Å². The topological polar surface area (TPSA) is 63.2 Å². The molecule has 5 nitrogen and oxygen atoms in total. The lowest BCUT2D eigenvalue weighted by Gasteiger charge is -2.21. The van der Waals surface area contributed by atoms with E-state index in [0.29, 0.717) is 12.4 Å². The number of aryl methyl sites for hydroxylation is 2. The van der Waals surface area contributed by atoms with Crippen LogP contribution in [0.1, 0.15) is 36.1 Å². The maximum Gasteiger partial charge on any atom is 0.211 e. The normalized spacial score (nSPS) is 21.9. The first kappa shape index (κ1) is 12.4. The molecule has 1 aliphatic heterocycles. The van der Waals surface area contributed by atoms with Crippen LogP contribution in [0.3, 0.4) is 0 Å². The third-order valence-electron chi connectivity index (χ3n) is 2.93. The standard InChI is InChI=1S/C11H17N3O2S/c1-8-7-9(2)13-11(12-8)10-5-4-6-14(10)17(3,15)16/h7,10H,4-6H2,1-3H3/t10-/m0/s1. The van der Waals surface area contributed by atoms with Crippen molar-refractivity contribution < 1.29 is 8.42 Å². The molecule has 0 spiro atoms. The summed E-state index contributed by atoms with van der Waals surface area (Å²) in [6.07, 6.45) is 2.91. The Labute approximate surface area is 102 Å². The van der Waals surface area contributed by atoms with Gasteiger partial charge in [-0.2, -0.15) is 4.31 Å². The summed E-state index contributed by atoms with van der Waals surface area (Å²) in [6, 6.07) is 1.70. The number of aromatic nitrogens is 2. The maximum atomic E-state index is 11.7. The minimum atomic E-state index is -3.17. The SMILES string of the molecule is Cc1cc(C)nc([C@@H]2CCCN2S(C)(=O)=O)n1. The lowest BCUT2D eigenvalue weighted by Crippen LogP contribution is -2.30. The average molecular weight is 255 g/mol. The summed E-state index contributed by atoms with van der Waals surface area (Å²) in [5, 5.41) is 0. The van der Waals surface area contributed by atoms with Crippen molar-refractivity contribution in [2.24, 2.45) is 0 Å². The summed E-state index contributed by atoms with van der Waals surface area (Å²) >= 11 is 0. The van der Waals surface area contributed by atoms with Gasteiger partial charge in [0.1, 0.15) is 5.82 Å². The molecule has 1 atom stereocenters. The van der Waals surface area contributed by atoms with Gasteiger partial charge in [0.25, 0.3) is 0 Å². The highest BCUT2D eigenvalue weighted by molar-refractivity contribution is 7.88. The molecule has 1 fully saturated rings. The van der Waals surface area contributed by atoms with Crippen molar-refractivity contribution >= 4 is 10.0 Å². The van der Waals surface area contributed by atoms with Crippen LogP contribution in [0.2, 0.25) is 0 Å². The first-order valence-corrected chi connectivity index (χ1v) is 7.52. The van der Waals surface area contributed by atoms with E-state index < -0.39 is 10.0 Å². The molecule has 1 aromatic rings. The molecule has 1 saturated heterocycles. The Morgan fingerprint density at radius 1 is 1.29 bits per heavy atom. The molecular weight excluding hydrogens is 238 g/mol. The molecule has 0 bridgehead atoms. The molecule has 1 aromatic heterocycles. The first-order valence-electron chi connectivity index (χ1n) is 5.67. The molecule has 2 rings (SSSR count). The smallest absolute Gasteiger partial charge is 0.211 e. The van der Waals surface area contributed by atoms with Gasteiger partial charge in [0, 0.05) is 17.9 Å². The van der Waals surface area contributed by atoms with Crippen molar-refractivity contribution in [2.45, 2.75) is 32.7 Å². The third kappa shape index (κ3) is 2.63. The second-order valence-corrected chi connectivity index (χ2v) is 6.48. The fourth-order valence-corrected chi connectivity index (χ4v) is 3.42. The zero-order valence-electron chi connectivity index (χ0n) is 10.3. The van der Waals surface area contributed by atoms with Gasteiger partial charge in [0.2, 0.25) is 10.0 Å². The molecule has 0 aromatic carbocycles. The molecular formula is C11H17N3O2S. The number of rotatable bonds is 2. The molecule has 17 heavy (non-hydrogen) atoms. The number of sulfonamides is 1.